The fourth-order valence-corrected chi connectivity index (χ4v) is 4.29. The molecule has 1 fully saturated rings. The van der Waals surface area contributed by atoms with Gasteiger partial charge in [-0.3, -0.25) is 9.36 Å². The molecule has 1 saturated heterocycles. The van der Waals surface area contributed by atoms with E-state index in [0.717, 1.165) is 37.1 Å². The highest BCUT2D eigenvalue weighted by atomic mass is 32.2. The van der Waals surface area contributed by atoms with Gasteiger partial charge >= 0.3 is 0 Å². The third-order valence-electron chi connectivity index (χ3n) is 4.85. The molecule has 0 unspecified atom stereocenters. The highest BCUT2D eigenvalue weighted by molar-refractivity contribution is 7.98. The number of halogens is 1. The van der Waals surface area contributed by atoms with E-state index in [-0.39, 0.29) is 11.7 Å². The number of amides is 1. The van der Waals surface area contributed by atoms with Gasteiger partial charge < -0.3 is 4.90 Å². The first kappa shape index (κ1) is 18.7. The van der Waals surface area contributed by atoms with Gasteiger partial charge in [-0.1, -0.05) is 36.0 Å². The van der Waals surface area contributed by atoms with Crippen LogP contribution in [-0.2, 0) is 5.75 Å². The van der Waals surface area contributed by atoms with Gasteiger partial charge in [-0.15, -0.1) is 10.2 Å². The summed E-state index contributed by atoms with van der Waals surface area (Å²) >= 11 is 1.49. The monoisotopic (exact) mass is 396 g/mol. The minimum atomic E-state index is -0.308. The predicted octanol–water partition coefficient (Wildman–Crippen LogP) is 4.24. The molecule has 2 heterocycles. The molecule has 0 radical (unpaired) electrons. The number of likely N-dealkylation sites (tertiary alicyclic amines) is 1. The summed E-state index contributed by atoms with van der Waals surface area (Å²) in [6, 6.07) is 14.3. The van der Waals surface area contributed by atoms with Gasteiger partial charge in [0.25, 0.3) is 5.91 Å². The molecule has 7 heteroatoms. The van der Waals surface area contributed by atoms with Crippen LogP contribution in [0.25, 0.3) is 5.69 Å². The van der Waals surface area contributed by atoms with Gasteiger partial charge in [-0.25, -0.2) is 4.39 Å². The fourth-order valence-electron chi connectivity index (χ4n) is 3.34. The Morgan fingerprint density at radius 3 is 2.50 bits per heavy atom. The Kier molecular flexibility index (Phi) is 5.43. The lowest BCUT2D eigenvalue weighted by Gasteiger charge is -2.15. The van der Waals surface area contributed by atoms with E-state index in [4.69, 9.17) is 0 Å². The number of carbonyl (C=O) groups excluding carboxylic acids is 1. The number of hydrogen-bond acceptors (Lipinski definition) is 4. The summed E-state index contributed by atoms with van der Waals surface area (Å²) in [6.07, 6.45) is 2.17. The summed E-state index contributed by atoms with van der Waals surface area (Å²) in [5.74, 6) is 1.09. The second kappa shape index (κ2) is 8.14. The number of rotatable bonds is 5. The van der Waals surface area contributed by atoms with E-state index in [0.29, 0.717) is 22.4 Å². The summed E-state index contributed by atoms with van der Waals surface area (Å²) in [7, 11) is 0. The summed E-state index contributed by atoms with van der Waals surface area (Å²) < 4.78 is 15.9. The number of aryl methyl sites for hydroxylation is 1. The maximum atomic E-state index is 14.2. The van der Waals surface area contributed by atoms with E-state index < -0.39 is 0 Å². The van der Waals surface area contributed by atoms with E-state index in [1.807, 2.05) is 36.1 Å². The number of thioether (sulfide) groups is 1. The van der Waals surface area contributed by atoms with Gasteiger partial charge in [-0.05, 0) is 49.6 Å². The molecule has 1 amide bonds. The Bertz CT molecular complexity index is 980. The molecule has 5 nitrogen and oxygen atoms in total. The van der Waals surface area contributed by atoms with Crippen molar-refractivity contribution in [1.29, 1.82) is 0 Å². The molecule has 28 heavy (non-hydrogen) atoms. The summed E-state index contributed by atoms with van der Waals surface area (Å²) in [4.78, 5) is 14.3. The maximum Gasteiger partial charge on any atom is 0.253 e. The maximum absolute atomic E-state index is 14.2. The first-order chi connectivity index (χ1) is 13.6. The first-order valence-electron chi connectivity index (χ1n) is 9.31. The molecule has 0 aliphatic carbocycles. The minimum Gasteiger partial charge on any atom is -0.339 e. The Morgan fingerprint density at radius 1 is 1.07 bits per heavy atom. The van der Waals surface area contributed by atoms with Crippen molar-refractivity contribution in [2.24, 2.45) is 0 Å². The molecule has 2 aromatic carbocycles. The molecule has 144 valence electrons. The van der Waals surface area contributed by atoms with Crippen molar-refractivity contribution >= 4 is 17.7 Å². The smallest absolute Gasteiger partial charge is 0.253 e. The third kappa shape index (κ3) is 3.80. The SMILES string of the molecule is Cc1nnc(SCc2ccc(C(=O)N3CCCC3)cc2)n1-c1ccccc1F. The quantitative estimate of drug-likeness (QED) is 0.605. The molecule has 1 aromatic heterocycles. The van der Waals surface area contributed by atoms with Crippen molar-refractivity contribution < 1.29 is 9.18 Å². The summed E-state index contributed by atoms with van der Waals surface area (Å²) in [5.41, 5.74) is 2.24. The zero-order valence-electron chi connectivity index (χ0n) is 15.6. The van der Waals surface area contributed by atoms with Crippen LogP contribution in [0, 0.1) is 12.7 Å². The van der Waals surface area contributed by atoms with E-state index >= 15 is 0 Å². The molecule has 0 saturated carbocycles. The van der Waals surface area contributed by atoms with E-state index in [1.165, 1.54) is 17.8 Å². The first-order valence-corrected chi connectivity index (χ1v) is 10.3. The van der Waals surface area contributed by atoms with Crippen molar-refractivity contribution in [2.75, 3.05) is 13.1 Å². The van der Waals surface area contributed by atoms with Gasteiger partial charge in [0.1, 0.15) is 11.6 Å². The molecular formula is C21H21FN4OS. The minimum absolute atomic E-state index is 0.103. The second-order valence-electron chi connectivity index (χ2n) is 6.80. The van der Waals surface area contributed by atoms with E-state index in [2.05, 4.69) is 10.2 Å². The number of aromatic nitrogens is 3. The zero-order chi connectivity index (χ0) is 19.5. The standard InChI is InChI=1S/C21H21FN4OS/c1-15-23-24-21(26(15)19-7-3-2-6-18(19)22)28-14-16-8-10-17(11-9-16)20(27)25-12-4-5-13-25/h2-3,6-11H,4-5,12-14H2,1H3. The van der Waals surface area contributed by atoms with Crippen LogP contribution >= 0.6 is 11.8 Å². The van der Waals surface area contributed by atoms with Gasteiger partial charge in [0.05, 0.1) is 5.69 Å². The van der Waals surface area contributed by atoms with Gasteiger partial charge in [0.15, 0.2) is 5.16 Å². The number of nitrogens with zero attached hydrogens (tertiary/aromatic N) is 4. The van der Waals surface area contributed by atoms with Crippen molar-refractivity contribution in [3.63, 3.8) is 0 Å². The molecule has 4 rings (SSSR count). The topological polar surface area (TPSA) is 51.0 Å². The van der Waals surface area contributed by atoms with Crippen molar-refractivity contribution in [3.8, 4) is 5.69 Å². The Hall–Kier alpha value is -2.67. The molecule has 0 spiro atoms. The van der Waals surface area contributed by atoms with Crippen molar-refractivity contribution in [3.05, 3.63) is 71.3 Å². The summed E-state index contributed by atoms with van der Waals surface area (Å²) in [6.45, 7) is 3.51. The van der Waals surface area contributed by atoms with Gasteiger partial charge in [-0.2, -0.15) is 0 Å². The summed E-state index contributed by atoms with van der Waals surface area (Å²) in [5, 5.41) is 8.94. The van der Waals surface area contributed by atoms with Crippen LogP contribution in [0.3, 0.4) is 0 Å². The van der Waals surface area contributed by atoms with Crippen molar-refractivity contribution in [2.45, 2.75) is 30.7 Å². The normalized spacial score (nSPS) is 13.9. The molecule has 0 N–H and O–H groups in total. The highest BCUT2D eigenvalue weighted by Gasteiger charge is 2.19. The van der Waals surface area contributed by atoms with Crippen LogP contribution in [0.2, 0.25) is 0 Å². The molecule has 1 aliphatic heterocycles. The lowest BCUT2D eigenvalue weighted by Crippen LogP contribution is -2.27. The molecule has 0 atom stereocenters. The van der Waals surface area contributed by atoms with Crippen LogP contribution < -0.4 is 0 Å². The molecule has 0 bridgehead atoms. The van der Waals surface area contributed by atoms with Crippen LogP contribution in [0.5, 0.6) is 0 Å². The number of hydrogen-bond donors (Lipinski definition) is 0. The fraction of sp³-hybridized carbons (Fsp3) is 0.286. The number of carbonyl (C=O) groups is 1. The third-order valence-corrected chi connectivity index (χ3v) is 5.85. The molecule has 3 aromatic rings. The van der Waals surface area contributed by atoms with Crippen LogP contribution in [0.1, 0.15) is 34.6 Å². The average Bonchev–Trinajstić information content (AvgIpc) is 3.37. The van der Waals surface area contributed by atoms with Crippen LogP contribution in [-0.4, -0.2) is 38.7 Å². The molecular weight excluding hydrogens is 375 g/mol. The van der Waals surface area contributed by atoms with Gasteiger partial charge in [0, 0.05) is 24.4 Å². The Balaban J connectivity index is 1.47. The Labute approximate surface area is 167 Å². The number of para-hydroxylation sites is 1. The van der Waals surface area contributed by atoms with Crippen molar-refractivity contribution in [1.82, 2.24) is 19.7 Å². The highest BCUT2D eigenvalue weighted by Crippen LogP contribution is 2.26. The van der Waals surface area contributed by atoms with Crippen LogP contribution in [0.4, 0.5) is 4.39 Å². The van der Waals surface area contributed by atoms with E-state index in [1.54, 1.807) is 22.8 Å². The van der Waals surface area contributed by atoms with Gasteiger partial charge in [0.2, 0.25) is 0 Å². The number of benzene rings is 2. The lowest BCUT2D eigenvalue weighted by atomic mass is 10.1. The second-order valence-corrected chi connectivity index (χ2v) is 7.74. The van der Waals surface area contributed by atoms with Crippen LogP contribution in [0.15, 0.2) is 53.7 Å². The Morgan fingerprint density at radius 2 is 1.79 bits per heavy atom. The largest absolute Gasteiger partial charge is 0.339 e. The molecule has 1 aliphatic rings. The lowest BCUT2D eigenvalue weighted by molar-refractivity contribution is 0.0793. The van der Waals surface area contributed by atoms with E-state index in [9.17, 15) is 9.18 Å². The average molecular weight is 396 g/mol. The zero-order valence-corrected chi connectivity index (χ0v) is 16.5. The predicted molar refractivity (Wildman–Crippen MR) is 107 cm³/mol.